The van der Waals surface area contributed by atoms with Gasteiger partial charge in [-0.25, -0.2) is 19.9 Å². The van der Waals surface area contributed by atoms with E-state index in [-0.39, 0.29) is 35.8 Å². The van der Waals surface area contributed by atoms with Gasteiger partial charge in [0.1, 0.15) is 11.5 Å². The molecule has 3 aromatic rings. The summed E-state index contributed by atoms with van der Waals surface area (Å²) in [7, 11) is 0. The lowest BCUT2D eigenvalue weighted by Crippen LogP contribution is -2.27. The molecule has 0 atom stereocenters. The fraction of sp³-hybridized carbons (Fsp3) is 0.444. The third kappa shape index (κ3) is 4.41. The van der Waals surface area contributed by atoms with E-state index < -0.39 is 12.0 Å². The predicted octanol–water partition coefficient (Wildman–Crippen LogP) is 3.51. The normalized spacial score (nSPS) is 15.1. The van der Waals surface area contributed by atoms with Crippen LogP contribution in [0.5, 0.6) is 0 Å². The van der Waals surface area contributed by atoms with Crippen molar-refractivity contribution in [2.75, 3.05) is 13.1 Å². The summed E-state index contributed by atoms with van der Waals surface area (Å²) in [6.45, 7) is 5.40. The molecule has 1 saturated heterocycles. The zero-order valence-corrected chi connectivity index (χ0v) is 17.0. The molecule has 12 heteroatoms. The lowest BCUT2D eigenvalue weighted by Gasteiger charge is -2.24. The van der Waals surface area contributed by atoms with Crippen molar-refractivity contribution in [2.24, 2.45) is 0 Å². The van der Waals surface area contributed by atoms with Crippen LogP contribution in [-0.2, 0) is 6.18 Å². The number of aryl methyl sites for hydroxylation is 2. The third-order valence-electron chi connectivity index (χ3n) is 4.72. The lowest BCUT2D eigenvalue weighted by molar-refractivity contribution is -0.144. The van der Waals surface area contributed by atoms with Crippen molar-refractivity contribution in [3.05, 3.63) is 35.3 Å². The standard InChI is InChI=1S/C18H18F3N7O.ClH/c1-9-13(14(25-10(2)24-9)11-3-6-22-7-4-11)16-28-27-15(29-16)12-5-8-23-17(26-12)18(19,20)21;/h5,8,11,22H,3-4,6-7H2,1-2H3;1H. The number of nitrogens with zero attached hydrogens (tertiary/aromatic N) is 6. The fourth-order valence-corrected chi connectivity index (χ4v) is 3.44. The number of hydrogen-bond donors (Lipinski definition) is 1. The molecule has 4 heterocycles. The Labute approximate surface area is 176 Å². The van der Waals surface area contributed by atoms with Crippen LogP contribution < -0.4 is 5.32 Å². The predicted molar refractivity (Wildman–Crippen MR) is 103 cm³/mol. The van der Waals surface area contributed by atoms with Crippen molar-refractivity contribution in [3.63, 3.8) is 0 Å². The topological polar surface area (TPSA) is 103 Å². The van der Waals surface area contributed by atoms with Crippen LogP contribution in [0.4, 0.5) is 13.2 Å². The molecule has 160 valence electrons. The molecule has 4 rings (SSSR count). The van der Waals surface area contributed by atoms with Crippen LogP contribution in [0, 0.1) is 13.8 Å². The van der Waals surface area contributed by atoms with Crippen molar-refractivity contribution >= 4 is 12.4 Å². The number of hydrogen-bond acceptors (Lipinski definition) is 8. The number of nitrogens with one attached hydrogen (secondary N) is 1. The molecule has 0 radical (unpaired) electrons. The molecule has 0 unspecified atom stereocenters. The van der Waals surface area contributed by atoms with E-state index in [1.165, 1.54) is 6.07 Å². The molecule has 3 aromatic heterocycles. The molecule has 1 aliphatic heterocycles. The summed E-state index contributed by atoms with van der Waals surface area (Å²) in [5.41, 5.74) is 2.04. The highest BCUT2D eigenvalue weighted by molar-refractivity contribution is 5.85. The highest BCUT2D eigenvalue weighted by Gasteiger charge is 2.35. The van der Waals surface area contributed by atoms with Crippen molar-refractivity contribution < 1.29 is 17.6 Å². The number of alkyl halides is 3. The molecule has 0 aromatic carbocycles. The van der Waals surface area contributed by atoms with Gasteiger partial charge in [0.25, 0.3) is 11.8 Å². The summed E-state index contributed by atoms with van der Waals surface area (Å²) in [6, 6.07) is 1.29. The molecule has 0 aliphatic carbocycles. The maximum Gasteiger partial charge on any atom is 0.451 e. The highest BCUT2D eigenvalue weighted by Crippen LogP contribution is 2.35. The summed E-state index contributed by atoms with van der Waals surface area (Å²) < 4.78 is 44.4. The first kappa shape index (κ1) is 22.0. The maximum atomic E-state index is 12.9. The minimum atomic E-state index is -4.66. The summed E-state index contributed by atoms with van der Waals surface area (Å²) in [5.74, 6) is -0.370. The summed E-state index contributed by atoms with van der Waals surface area (Å²) in [4.78, 5) is 15.8. The highest BCUT2D eigenvalue weighted by atomic mass is 35.5. The smallest absolute Gasteiger partial charge is 0.414 e. The van der Waals surface area contributed by atoms with Gasteiger partial charge in [-0.05, 0) is 45.8 Å². The number of aromatic nitrogens is 6. The van der Waals surface area contributed by atoms with E-state index >= 15 is 0 Å². The van der Waals surface area contributed by atoms with Crippen molar-refractivity contribution in [1.29, 1.82) is 0 Å². The Morgan fingerprint density at radius 1 is 1.03 bits per heavy atom. The van der Waals surface area contributed by atoms with Gasteiger partial charge in [0.2, 0.25) is 5.82 Å². The first-order valence-electron chi connectivity index (χ1n) is 9.13. The van der Waals surface area contributed by atoms with Crippen molar-refractivity contribution in [3.8, 4) is 23.0 Å². The Morgan fingerprint density at radius 3 is 2.43 bits per heavy atom. The SMILES string of the molecule is Cc1nc(C)c(-c2nnc(-c3ccnc(C(F)(F)F)n3)o2)c(C2CCNCC2)n1.Cl. The van der Waals surface area contributed by atoms with Crippen LogP contribution in [0.2, 0.25) is 0 Å². The minimum absolute atomic E-state index is 0. The van der Waals surface area contributed by atoms with E-state index in [4.69, 9.17) is 4.42 Å². The van der Waals surface area contributed by atoms with E-state index in [1.54, 1.807) is 0 Å². The third-order valence-corrected chi connectivity index (χ3v) is 4.72. The van der Waals surface area contributed by atoms with Gasteiger partial charge in [0.05, 0.1) is 17.0 Å². The Balaban J connectivity index is 0.00000256. The van der Waals surface area contributed by atoms with Gasteiger partial charge in [0, 0.05) is 12.1 Å². The Hall–Kier alpha value is -2.66. The van der Waals surface area contributed by atoms with Gasteiger partial charge < -0.3 is 9.73 Å². The molecular formula is C18H19ClF3N7O. The molecular weight excluding hydrogens is 423 g/mol. The van der Waals surface area contributed by atoms with Gasteiger partial charge in [-0.1, -0.05) is 0 Å². The average Bonchev–Trinajstić information content (AvgIpc) is 3.17. The monoisotopic (exact) mass is 441 g/mol. The fourth-order valence-electron chi connectivity index (χ4n) is 3.44. The zero-order valence-electron chi connectivity index (χ0n) is 16.2. The van der Waals surface area contributed by atoms with Crippen LogP contribution >= 0.6 is 12.4 Å². The minimum Gasteiger partial charge on any atom is -0.414 e. The summed E-state index contributed by atoms with van der Waals surface area (Å²) in [6.07, 6.45) is -1.84. The van der Waals surface area contributed by atoms with Gasteiger partial charge in [0.15, 0.2) is 0 Å². The molecule has 0 spiro atoms. The largest absolute Gasteiger partial charge is 0.451 e. The van der Waals surface area contributed by atoms with E-state index in [2.05, 4.69) is 35.5 Å². The molecule has 0 saturated carbocycles. The van der Waals surface area contributed by atoms with Crippen LogP contribution in [0.25, 0.3) is 23.0 Å². The first-order chi connectivity index (χ1) is 13.8. The lowest BCUT2D eigenvalue weighted by atomic mass is 9.90. The molecule has 1 fully saturated rings. The molecule has 1 N–H and O–H groups in total. The molecule has 30 heavy (non-hydrogen) atoms. The van der Waals surface area contributed by atoms with Crippen LogP contribution in [0.1, 0.15) is 41.8 Å². The van der Waals surface area contributed by atoms with E-state index in [0.29, 0.717) is 17.1 Å². The quantitative estimate of drug-likeness (QED) is 0.658. The van der Waals surface area contributed by atoms with Crippen molar-refractivity contribution in [1.82, 2.24) is 35.5 Å². The van der Waals surface area contributed by atoms with Gasteiger partial charge >= 0.3 is 6.18 Å². The van der Waals surface area contributed by atoms with E-state index in [1.807, 2.05) is 13.8 Å². The molecule has 1 aliphatic rings. The Morgan fingerprint density at radius 2 is 1.73 bits per heavy atom. The molecule has 0 bridgehead atoms. The van der Waals surface area contributed by atoms with Gasteiger partial charge in [-0.15, -0.1) is 22.6 Å². The molecule has 0 amide bonds. The van der Waals surface area contributed by atoms with Crippen LogP contribution in [0.15, 0.2) is 16.7 Å². The second-order valence-electron chi connectivity index (χ2n) is 6.82. The second-order valence-corrected chi connectivity index (χ2v) is 6.82. The number of piperidine rings is 1. The number of rotatable bonds is 3. The molecule has 8 nitrogen and oxygen atoms in total. The number of halogens is 4. The van der Waals surface area contributed by atoms with E-state index in [9.17, 15) is 13.2 Å². The van der Waals surface area contributed by atoms with E-state index in [0.717, 1.165) is 37.8 Å². The van der Waals surface area contributed by atoms with Crippen LogP contribution in [0.3, 0.4) is 0 Å². The van der Waals surface area contributed by atoms with Crippen molar-refractivity contribution in [2.45, 2.75) is 38.8 Å². The first-order valence-corrected chi connectivity index (χ1v) is 9.13. The van der Waals surface area contributed by atoms with Gasteiger partial charge in [-0.3, -0.25) is 0 Å². The average molecular weight is 442 g/mol. The van der Waals surface area contributed by atoms with Crippen LogP contribution in [-0.4, -0.2) is 43.2 Å². The zero-order chi connectivity index (χ0) is 20.6. The van der Waals surface area contributed by atoms with Gasteiger partial charge in [-0.2, -0.15) is 13.2 Å². The Kier molecular flexibility index (Phi) is 6.32. The maximum absolute atomic E-state index is 12.9. The summed E-state index contributed by atoms with van der Waals surface area (Å²) in [5, 5.41) is 11.3. The Bertz CT molecular complexity index is 1030. The second kappa shape index (κ2) is 8.60. The summed E-state index contributed by atoms with van der Waals surface area (Å²) >= 11 is 0.